The van der Waals surface area contributed by atoms with Gasteiger partial charge in [0.15, 0.2) is 5.11 Å². The normalized spacial score (nSPS) is 15.9. The number of nitrogens with zero attached hydrogens (tertiary/aromatic N) is 2. The fourth-order valence-corrected chi connectivity index (χ4v) is 3.76. The number of rotatable bonds is 4. The van der Waals surface area contributed by atoms with Gasteiger partial charge in [-0.2, -0.15) is 5.10 Å². The second kappa shape index (κ2) is 8.58. The molecule has 146 valence electrons. The number of nitrogens with one attached hydrogen (secondary N) is 1. The highest BCUT2D eigenvalue weighted by atomic mass is 32.1. The monoisotopic (exact) mass is 399 g/mol. The molecular formula is C25H25N3S. The zero-order chi connectivity index (χ0) is 20.2. The van der Waals surface area contributed by atoms with Crippen molar-refractivity contribution in [1.82, 2.24) is 10.3 Å². The molecule has 4 rings (SSSR count). The predicted octanol–water partition coefficient (Wildman–Crippen LogP) is 5.53. The van der Waals surface area contributed by atoms with Crippen molar-refractivity contribution in [3.05, 3.63) is 107 Å². The standard InChI is InChI=1S/C25H25N3S/c1-18-8-12-21(13-9-18)23-16-24(22-14-10-19(2)11-15-22)28(27-23)25(29)26-17-20-6-4-3-5-7-20/h3-15,24H,16-17H2,1-2H3,(H,26,29)/t24-/m1/s1. The van der Waals surface area contributed by atoms with Gasteiger partial charge in [-0.3, -0.25) is 0 Å². The maximum Gasteiger partial charge on any atom is 0.190 e. The highest BCUT2D eigenvalue weighted by molar-refractivity contribution is 7.80. The largest absolute Gasteiger partial charge is 0.357 e. The average molecular weight is 400 g/mol. The summed E-state index contributed by atoms with van der Waals surface area (Å²) in [7, 11) is 0. The van der Waals surface area contributed by atoms with Crippen molar-refractivity contribution in [3.63, 3.8) is 0 Å². The van der Waals surface area contributed by atoms with E-state index in [1.807, 2.05) is 23.2 Å². The first kappa shape index (κ1) is 19.3. The fraction of sp³-hybridized carbons (Fsp3) is 0.200. The lowest BCUT2D eigenvalue weighted by Gasteiger charge is -2.25. The smallest absolute Gasteiger partial charge is 0.190 e. The highest BCUT2D eigenvalue weighted by Gasteiger charge is 2.31. The van der Waals surface area contributed by atoms with Crippen LogP contribution in [0.5, 0.6) is 0 Å². The Morgan fingerprint density at radius 2 is 1.55 bits per heavy atom. The second-order valence-corrected chi connectivity index (χ2v) is 7.92. The number of aryl methyl sites for hydroxylation is 2. The number of benzene rings is 3. The van der Waals surface area contributed by atoms with E-state index < -0.39 is 0 Å². The van der Waals surface area contributed by atoms with Gasteiger partial charge in [0, 0.05) is 13.0 Å². The zero-order valence-electron chi connectivity index (χ0n) is 16.8. The van der Waals surface area contributed by atoms with Crippen LogP contribution in [0.4, 0.5) is 0 Å². The van der Waals surface area contributed by atoms with Crippen LogP contribution in [0.25, 0.3) is 0 Å². The van der Waals surface area contributed by atoms with Crippen LogP contribution in [-0.4, -0.2) is 15.8 Å². The minimum absolute atomic E-state index is 0.0997. The van der Waals surface area contributed by atoms with Crippen molar-refractivity contribution in [2.45, 2.75) is 32.9 Å². The van der Waals surface area contributed by atoms with Gasteiger partial charge in [-0.1, -0.05) is 90.0 Å². The Morgan fingerprint density at radius 3 is 2.21 bits per heavy atom. The molecule has 29 heavy (non-hydrogen) atoms. The molecule has 0 aliphatic carbocycles. The maximum absolute atomic E-state index is 5.75. The quantitative estimate of drug-likeness (QED) is 0.585. The minimum atomic E-state index is 0.0997. The van der Waals surface area contributed by atoms with Crippen molar-refractivity contribution in [3.8, 4) is 0 Å². The third-order valence-corrected chi connectivity index (χ3v) is 5.58. The van der Waals surface area contributed by atoms with Crippen LogP contribution in [0.2, 0.25) is 0 Å². The van der Waals surface area contributed by atoms with Gasteiger partial charge in [0.2, 0.25) is 0 Å². The Hall–Kier alpha value is -2.98. The van der Waals surface area contributed by atoms with Crippen molar-refractivity contribution in [1.29, 1.82) is 0 Å². The summed E-state index contributed by atoms with van der Waals surface area (Å²) < 4.78 is 0. The zero-order valence-corrected chi connectivity index (χ0v) is 17.6. The van der Waals surface area contributed by atoms with Gasteiger partial charge in [0.25, 0.3) is 0 Å². The first-order valence-corrected chi connectivity index (χ1v) is 10.3. The van der Waals surface area contributed by atoms with E-state index in [4.69, 9.17) is 17.3 Å². The van der Waals surface area contributed by atoms with Gasteiger partial charge in [0.05, 0.1) is 11.8 Å². The molecule has 0 aromatic heterocycles. The summed E-state index contributed by atoms with van der Waals surface area (Å²) in [4.78, 5) is 0. The lowest BCUT2D eigenvalue weighted by atomic mass is 9.97. The summed E-state index contributed by atoms with van der Waals surface area (Å²) in [6.45, 7) is 4.90. The molecule has 3 nitrogen and oxygen atoms in total. The van der Waals surface area contributed by atoms with Gasteiger partial charge in [-0.05, 0) is 42.8 Å². The molecule has 1 N–H and O–H groups in total. The Morgan fingerprint density at radius 1 is 0.931 bits per heavy atom. The van der Waals surface area contributed by atoms with E-state index in [-0.39, 0.29) is 6.04 Å². The maximum atomic E-state index is 5.75. The molecular weight excluding hydrogens is 374 g/mol. The molecule has 4 heteroatoms. The van der Waals surface area contributed by atoms with Gasteiger partial charge in [0.1, 0.15) is 0 Å². The minimum Gasteiger partial charge on any atom is -0.357 e. The summed E-state index contributed by atoms with van der Waals surface area (Å²) in [5.74, 6) is 0. The molecule has 0 radical (unpaired) electrons. The van der Waals surface area contributed by atoms with E-state index >= 15 is 0 Å². The van der Waals surface area contributed by atoms with E-state index in [0.29, 0.717) is 11.7 Å². The van der Waals surface area contributed by atoms with Crippen LogP contribution in [0.15, 0.2) is 84.0 Å². The van der Waals surface area contributed by atoms with Crippen LogP contribution < -0.4 is 5.32 Å². The van der Waals surface area contributed by atoms with E-state index in [0.717, 1.165) is 17.7 Å². The molecule has 0 saturated heterocycles. The van der Waals surface area contributed by atoms with Crippen LogP contribution in [0.3, 0.4) is 0 Å². The van der Waals surface area contributed by atoms with Crippen molar-refractivity contribution >= 4 is 23.0 Å². The highest BCUT2D eigenvalue weighted by Crippen LogP contribution is 2.33. The Kier molecular flexibility index (Phi) is 5.72. The van der Waals surface area contributed by atoms with Crippen molar-refractivity contribution in [2.24, 2.45) is 5.10 Å². The molecule has 0 saturated carbocycles. The number of thiocarbonyl (C=S) groups is 1. The molecule has 0 bridgehead atoms. The molecule has 1 atom stereocenters. The van der Waals surface area contributed by atoms with E-state index in [9.17, 15) is 0 Å². The molecule has 3 aromatic carbocycles. The summed E-state index contributed by atoms with van der Waals surface area (Å²) >= 11 is 5.75. The number of hydrogen-bond donors (Lipinski definition) is 1. The third kappa shape index (κ3) is 4.54. The number of hydrogen-bond acceptors (Lipinski definition) is 2. The first-order valence-electron chi connectivity index (χ1n) is 9.92. The predicted molar refractivity (Wildman–Crippen MR) is 124 cm³/mol. The molecule has 1 aliphatic heterocycles. The average Bonchev–Trinajstić information content (AvgIpc) is 3.19. The summed E-state index contributed by atoms with van der Waals surface area (Å²) in [5, 5.41) is 10.9. The summed E-state index contributed by atoms with van der Waals surface area (Å²) in [6, 6.07) is 27.6. The van der Waals surface area contributed by atoms with Crippen LogP contribution >= 0.6 is 12.2 Å². The molecule has 0 amide bonds. The van der Waals surface area contributed by atoms with Crippen LogP contribution in [0.1, 0.15) is 40.3 Å². The lowest BCUT2D eigenvalue weighted by Crippen LogP contribution is -2.36. The Bertz CT molecular complexity index is 1010. The first-order chi connectivity index (χ1) is 14.1. The Labute approximate surface area is 178 Å². The van der Waals surface area contributed by atoms with Gasteiger partial charge >= 0.3 is 0 Å². The van der Waals surface area contributed by atoms with Gasteiger partial charge in [-0.15, -0.1) is 0 Å². The molecule has 1 heterocycles. The van der Waals surface area contributed by atoms with Gasteiger partial charge in [-0.25, -0.2) is 5.01 Å². The van der Waals surface area contributed by atoms with E-state index in [2.05, 4.69) is 79.8 Å². The summed E-state index contributed by atoms with van der Waals surface area (Å²) in [5.41, 5.74) is 7.15. The fourth-order valence-electron chi connectivity index (χ4n) is 3.52. The van der Waals surface area contributed by atoms with Crippen LogP contribution in [0, 0.1) is 13.8 Å². The van der Waals surface area contributed by atoms with Gasteiger partial charge < -0.3 is 5.32 Å². The van der Waals surface area contributed by atoms with Crippen molar-refractivity contribution < 1.29 is 0 Å². The SMILES string of the molecule is Cc1ccc(C2=NN(C(=S)NCc3ccccc3)[C@@H](c3ccc(C)cc3)C2)cc1. The molecule has 1 aliphatic rings. The molecule has 3 aromatic rings. The lowest BCUT2D eigenvalue weighted by molar-refractivity contribution is 0.364. The van der Waals surface area contributed by atoms with Crippen molar-refractivity contribution in [2.75, 3.05) is 0 Å². The third-order valence-electron chi connectivity index (χ3n) is 5.25. The van der Waals surface area contributed by atoms with Crippen LogP contribution in [-0.2, 0) is 6.54 Å². The second-order valence-electron chi connectivity index (χ2n) is 7.53. The molecule has 0 unspecified atom stereocenters. The Balaban J connectivity index is 1.58. The van der Waals surface area contributed by atoms with E-state index in [1.54, 1.807) is 0 Å². The molecule has 0 fully saturated rings. The molecule has 0 spiro atoms. The topological polar surface area (TPSA) is 27.6 Å². The summed E-state index contributed by atoms with van der Waals surface area (Å²) in [6.07, 6.45) is 0.833. The number of hydrazone groups is 1. The van der Waals surface area contributed by atoms with E-state index in [1.165, 1.54) is 22.3 Å².